The van der Waals surface area contributed by atoms with Crippen LogP contribution in [0.4, 0.5) is 5.13 Å². The SMILES string of the molecule is CC(c1nnc(-c2ccccc2)o1)N1CCN(c2nccs2)CC1. The summed E-state index contributed by atoms with van der Waals surface area (Å²) in [7, 11) is 0. The van der Waals surface area contributed by atoms with Gasteiger partial charge in [-0.2, -0.15) is 0 Å². The van der Waals surface area contributed by atoms with Gasteiger partial charge in [-0.25, -0.2) is 4.98 Å². The average Bonchev–Trinajstić information content (AvgIpc) is 3.34. The molecule has 1 aromatic carbocycles. The predicted octanol–water partition coefficient (Wildman–Crippen LogP) is 3.08. The van der Waals surface area contributed by atoms with Crippen molar-refractivity contribution in [1.82, 2.24) is 20.1 Å². The summed E-state index contributed by atoms with van der Waals surface area (Å²) in [5.41, 5.74) is 0.956. The first-order chi connectivity index (χ1) is 11.8. The van der Waals surface area contributed by atoms with Gasteiger partial charge in [0, 0.05) is 43.3 Å². The third-order valence-corrected chi connectivity index (χ3v) is 5.20. The van der Waals surface area contributed by atoms with Gasteiger partial charge in [-0.05, 0) is 19.1 Å². The number of benzene rings is 1. The van der Waals surface area contributed by atoms with Gasteiger partial charge in [0.05, 0.1) is 6.04 Å². The lowest BCUT2D eigenvalue weighted by Gasteiger charge is -2.36. The molecule has 4 rings (SSSR count). The van der Waals surface area contributed by atoms with Crippen LogP contribution in [0.25, 0.3) is 11.5 Å². The smallest absolute Gasteiger partial charge is 0.247 e. The second-order valence-corrected chi connectivity index (χ2v) is 6.70. The Morgan fingerprint density at radius 3 is 2.58 bits per heavy atom. The topological polar surface area (TPSA) is 58.3 Å². The minimum Gasteiger partial charge on any atom is -0.419 e. The van der Waals surface area contributed by atoms with Crippen molar-refractivity contribution in [2.45, 2.75) is 13.0 Å². The van der Waals surface area contributed by atoms with E-state index >= 15 is 0 Å². The van der Waals surface area contributed by atoms with Gasteiger partial charge in [-0.3, -0.25) is 4.90 Å². The fourth-order valence-electron chi connectivity index (χ4n) is 2.93. The van der Waals surface area contributed by atoms with E-state index < -0.39 is 0 Å². The zero-order chi connectivity index (χ0) is 16.4. The van der Waals surface area contributed by atoms with Gasteiger partial charge in [-0.1, -0.05) is 18.2 Å². The molecule has 1 unspecified atom stereocenters. The molecule has 0 radical (unpaired) electrons. The van der Waals surface area contributed by atoms with Gasteiger partial charge in [0.25, 0.3) is 0 Å². The Morgan fingerprint density at radius 2 is 1.88 bits per heavy atom. The molecule has 1 saturated heterocycles. The first kappa shape index (κ1) is 15.3. The number of nitrogens with zero attached hydrogens (tertiary/aromatic N) is 5. The molecule has 124 valence electrons. The second kappa shape index (κ2) is 6.70. The number of thiazole rings is 1. The summed E-state index contributed by atoms with van der Waals surface area (Å²) in [5.74, 6) is 1.26. The number of aromatic nitrogens is 3. The van der Waals surface area contributed by atoms with Crippen molar-refractivity contribution in [1.29, 1.82) is 0 Å². The molecule has 6 nitrogen and oxygen atoms in total. The first-order valence-electron chi connectivity index (χ1n) is 8.08. The number of anilines is 1. The van der Waals surface area contributed by atoms with Crippen LogP contribution in [0.3, 0.4) is 0 Å². The number of piperazine rings is 1. The summed E-state index contributed by atoms with van der Waals surface area (Å²) < 4.78 is 5.90. The van der Waals surface area contributed by atoms with E-state index in [9.17, 15) is 0 Å². The normalized spacial score (nSPS) is 17.1. The van der Waals surface area contributed by atoms with E-state index in [4.69, 9.17) is 4.42 Å². The van der Waals surface area contributed by atoms with Crippen LogP contribution in [0.15, 0.2) is 46.3 Å². The highest BCUT2D eigenvalue weighted by molar-refractivity contribution is 7.13. The van der Waals surface area contributed by atoms with Gasteiger partial charge in [0.1, 0.15) is 0 Å². The monoisotopic (exact) mass is 341 g/mol. The standard InChI is InChI=1S/C17H19N5OS/c1-13(15-19-20-16(23-15)14-5-3-2-4-6-14)21-8-10-22(11-9-21)17-18-7-12-24-17/h2-7,12-13H,8-11H2,1H3. The Morgan fingerprint density at radius 1 is 1.08 bits per heavy atom. The summed E-state index contributed by atoms with van der Waals surface area (Å²) in [5, 5.41) is 11.6. The van der Waals surface area contributed by atoms with Crippen molar-refractivity contribution in [3.63, 3.8) is 0 Å². The van der Waals surface area contributed by atoms with Crippen molar-refractivity contribution >= 4 is 16.5 Å². The first-order valence-corrected chi connectivity index (χ1v) is 8.96. The molecular weight excluding hydrogens is 322 g/mol. The van der Waals surface area contributed by atoms with Crippen LogP contribution in [-0.4, -0.2) is 46.3 Å². The summed E-state index contributed by atoms with van der Waals surface area (Å²) in [6.45, 7) is 5.99. The fourth-order valence-corrected chi connectivity index (χ4v) is 3.63. The Bertz CT molecular complexity index is 765. The van der Waals surface area contributed by atoms with Crippen molar-refractivity contribution in [2.75, 3.05) is 31.1 Å². The minimum atomic E-state index is 0.119. The van der Waals surface area contributed by atoms with Crippen LogP contribution in [-0.2, 0) is 0 Å². The molecule has 1 fully saturated rings. The van der Waals surface area contributed by atoms with E-state index in [0.29, 0.717) is 11.8 Å². The molecule has 0 bridgehead atoms. The molecule has 0 aliphatic carbocycles. The predicted molar refractivity (Wildman–Crippen MR) is 94.0 cm³/mol. The van der Waals surface area contributed by atoms with Gasteiger partial charge in [0.15, 0.2) is 5.13 Å². The van der Waals surface area contributed by atoms with E-state index in [-0.39, 0.29) is 6.04 Å². The molecule has 2 aromatic heterocycles. The molecule has 1 aliphatic rings. The molecule has 0 N–H and O–H groups in total. The van der Waals surface area contributed by atoms with E-state index in [0.717, 1.165) is 36.9 Å². The van der Waals surface area contributed by atoms with Gasteiger partial charge < -0.3 is 9.32 Å². The van der Waals surface area contributed by atoms with Gasteiger partial charge >= 0.3 is 0 Å². The van der Waals surface area contributed by atoms with Crippen molar-refractivity contribution in [2.24, 2.45) is 0 Å². The summed E-state index contributed by atoms with van der Waals surface area (Å²) in [6.07, 6.45) is 1.86. The minimum absolute atomic E-state index is 0.119. The molecule has 7 heteroatoms. The van der Waals surface area contributed by atoms with E-state index in [1.807, 2.05) is 41.9 Å². The fraction of sp³-hybridized carbons (Fsp3) is 0.353. The Hall–Kier alpha value is -2.25. The Labute approximate surface area is 144 Å². The maximum Gasteiger partial charge on any atom is 0.247 e. The lowest BCUT2D eigenvalue weighted by Crippen LogP contribution is -2.47. The average molecular weight is 341 g/mol. The highest BCUT2D eigenvalue weighted by atomic mass is 32.1. The van der Waals surface area contributed by atoms with Crippen LogP contribution >= 0.6 is 11.3 Å². The van der Waals surface area contributed by atoms with Gasteiger partial charge in [0.2, 0.25) is 11.8 Å². The maximum absolute atomic E-state index is 5.90. The second-order valence-electron chi connectivity index (χ2n) is 5.83. The molecule has 3 aromatic rings. The molecular formula is C17H19N5OS. The molecule has 24 heavy (non-hydrogen) atoms. The van der Waals surface area contributed by atoms with Crippen molar-refractivity contribution in [3.05, 3.63) is 47.8 Å². The quantitative estimate of drug-likeness (QED) is 0.727. The highest BCUT2D eigenvalue weighted by Crippen LogP contribution is 2.26. The number of hydrogen-bond acceptors (Lipinski definition) is 7. The van der Waals surface area contributed by atoms with Gasteiger partial charge in [-0.15, -0.1) is 21.5 Å². The van der Waals surface area contributed by atoms with E-state index in [1.165, 1.54) is 0 Å². The van der Waals surface area contributed by atoms with Crippen molar-refractivity contribution < 1.29 is 4.42 Å². The molecule has 1 aliphatic heterocycles. The summed E-state index contributed by atoms with van der Waals surface area (Å²) >= 11 is 1.69. The summed E-state index contributed by atoms with van der Waals surface area (Å²) in [4.78, 5) is 9.10. The van der Waals surface area contributed by atoms with Crippen molar-refractivity contribution in [3.8, 4) is 11.5 Å². The molecule has 0 saturated carbocycles. The lowest BCUT2D eigenvalue weighted by atomic mass is 10.2. The van der Waals surface area contributed by atoms with Crippen LogP contribution in [0.1, 0.15) is 18.9 Å². The molecule has 3 heterocycles. The highest BCUT2D eigenvalue weighted by Gasteiger charge is 2.26. The van der Waals surface area contributed by atoms with E-state index in [1.54, 1.807) is 11.3 Å². The largest absolute Gasteiger partial charge is 0.419 e. The van der Waals surface area contributed by atoms with Crippen LogP contribution in [0, 0.1) is 0 Å². The van der Waals surface area contributed by atoms with E-state index in [2.05, 4.69) is 31.9 Å². The zero-order valence-corrected chi connectivity index (χ0v) is 14.3. The zero-order valence-electron chi connectivity index (χ0n) is 13.5. The number of hydrogen-bond donors (Lipinski definition) is 0. The molecule has 0 amide bonds. The Kier molecular flexibility index (Phi) is 4.27. The maximum atomic E-state index is 5.90. The van der Waals surface area contributed by atoms with Crippen LogP contribution in [0.5, 0.6) is 0 Å². The molecule has 1 atom stereocenters. The summed E-state index contributed by atoms with van der Waals surface area (Å²) in [6, 6.07) is 10.0. The lowest BCUT2D eigenvalue weighted by molar-refractivity contribution is 0.173. The van der Waals surface area contributed by atoms with Crippen LogP contribution < -0.4 is 4.90 Å². The Balaban J connectivity index is 1.42. The molecule has 0 spiro atoms. The number of rotatable bonds is 4. The van der Waals surface area contributed by atoms with Crippen LogP contribution in [0.2, 0.25) is 0 Å². The third kappa shape index (κ3) is 3.05. The third-order valence-electron chi connectivity index (χ3n) is 4.37.